The molecule has 0 aliphatic carbocycles. The van der Waals surface area contributed by atoms with Crippen molar-refractivity contribution < 1.29 is 4.92 Å². The van der Waals surface area contributed by atoms with Crippen molar-refractivity contribution in [3.8, 4) is 22.6 Å². The van der Waals surface area contributed by atoms with Gasteiger partial charge < -0.3 is 21.4 Å². The lowest BCUT2D eigenvalue weighted by Crippen LogP contribution is -2.16. The molecule has 1 aromatic carbocycles. The van der Waals surface area contributed by atoms with Gasteiger partial charge in [0.15, 0.2) is 0 Å². The summed E-state index contributed by atoms with van der Waals surface area (Å²) in [6.07, 6.45) is 6.11. The molecule has 3 heterocycles. The minimum Gasteiger partial charge on any atom is -0.393 e. The van der Waals surface area contributed by atoms with E-state index in [-0.39, 0.29) is 11.4 Å². The number of hydrogen-bond donors (Lipinski definition) is 4. The molecule has 0 aliphatic heterocycles. The molecular formula is C20H17Cl2N9O2. The molecule has 0 spiro atoms. The number of aromatic amines is 1. The number of nitrogens with two attached hydrogens (primary N) is 1. The second-order valence-electron chi connectivity index (χ2n) is 6.76. The molecule has 3 aromatic heterocycles. The lowest BCUT2D eigenvalue weighted by molar-refractivity contribution is -0.384. The number of nitro groups is 1. The Balaban J connectivity index is 1.49. The zero-order chi connectivity index (χ0) is 23.4. The van der Waals surface area contributed by atoms with E-state index in [9.17, 15) is 10.1 Å². The number of anilines is 3. The van der Waals surface area contributed by atoms with Gasteiger partial charge in [-0.05, 0) is 18.2 Å². The first kappa shape index (κ1) is 22.2. The molecule has 0 unspecified atom stereocenters. The highest BCUT2D eigenvalue weighted by molar-refractivity contribution is 6.36. The van der Waals surface area contributed by atoms with Gasteiger partial charge in [0, 0.05) is 48.3 Å². The standard InChI is InChI=1S/C20H17Cl2N9O2/c21-11-1-2-12(14(22)7-11)18-13(19-25-4-5-26-19)9-29-20(30-18)27-6-3-24-17-8-15(23)16(10-28-17)31(32)33/h1-2,4-5,7-10H,3,6H2,(H,25,26)(H3,23,24,28)(H,27,29,30). The third-order valence-electron chi connectivity index (χ3n) is 4.55. The largest absolute Gasteiger partial charge is 0.393 e. The van der Waals surface area contributed by atoms with Gasteiger partial charge in [-0.1, -0.05) is 23.2 Å². The average Bonchev–Trinajstić information content (AvgIpc) is 3.31. The van der Waals surface area contributed by atoms with Crippen LogP contribution in [0.5, 0.6) is 0 Å². The van der Waals surface area contributed by atoms with Crippen molar-refractivity contribution in [1.29, 1.82) is 0 Å². The second-order valence-corrected chi connectivity index (χ2v) is 7.60. The Kier molecular flexibility index (Phi) is 6.52. The predicted molar refractivity (Wildman–Crippen MR) is 127 cm³/mol. The molecule has 0 aliphatic rings. The van der Waals surface area contributed by atoms with Crippen LogP contribution in [0.3, 0.4) is 0 Å². The molecule has 0 saturated carbocycles. The number of pyridine rings is 1. The van der Waals surface area contributed by atoms with E-state index in [1.807, 2.05) is 0 Å². The van der Waals surface area contributed by atoms with Crippen molar-refractivity contribution in [2.24, 2.45) is 0 Å². The molecular weight excluding hydrogens is 469 g/mol. The summed E-state index contributed by atoms with van der Waals surface area (Å²) >= 11 is 12.5. The molecule has 4 rings (SSSR count). The van der Waals surface area contributed by atoms with E-state index < -0.39 is 4.92 Å². The zero-order valence-corrected chi connectivity index (χ0v) is 18.4. The van der Waals surface area contributed by atoms with Crippen LogP contribution in [0.2, 0.25) is 10.0 Å². The van der Waals surface area contributed by atoms with Crippen LogP contribution >= 0.6 is 23.2 Å². The van der Waals surface area contributed by atoms with Crippen molar-refractivity contribution in [2.45, 2.75) is 0 Å². The fourth-order valence-corrected chi connectivity index (χ4v) is 3.52. The van der Waals surface area contributed by atoms with E-state index >= 15 is 0 Å². The summed E-state index contributed by atoms with van der Waals surface area (Å²) in [6.45, 7) is 0.872. The Morgan fingerprint density at radius 3 is 2.58 bits per heavy atom. The molecule has 33 heavy (non-hydrogen) atoms. The first-order chi connectivity index (χ1) is 15.9. The molecule has 0 radical (unpaired) electrons. The van der Waals surface area contributed by atoms with Crippen LogP contribution in [0, 0.1) is 10.1 Å². The summed E-state index contributed by atoms with van der Waals surface area (Å²) in [5, 5.41) is 18.0. The van der Waals surface area contributed by atoms with E-state index in [2.05, 4.69) is 35.6 Å². The number of benzene rings is 1. The highest BCUT2D eigenvalue weighted by atomic mass is 35.5. The molecule has 0 atom stereocenters. The van der Waals surface area contributed by atoms with Crippen LogP contribution in [0.25, 0.3) is 22.6 Å². The van der Waals surface area contributed by atoms with Crippen LogP contribution in [-0.4, -0.2) is 42.9 Å². The number of nitrogens with one attached hydrogen (secondary N) is 3. The van der Waals surface area contributed by atoms with Gasteiger partial charge in [0.1, 0.15) is 23.5 Å². The maximum absolute atomic E-state index is 10.8. The van der Waals surface area contributed by atoms with Gasteiger partial charge in [-0.25, -0.2) is 19.9 Å². The van der Waals surface area contributed by atoms with Crippen LogP contribution in [0.4, 0.5) is 23.1 Å². The van der Waals surface area contributed by atoms with Gasteiger partial charge in [-0.3, -0.25) is 10.1 Å². The number of halogens is 2. The summed E-state index contributed by atoms with van der Waals surface area (Å²) in [5.41, 5.74) is 7.42. The molecule has 13 heteroatoms. The molecule has 168 valence electrons. The molecule has 11 nitrogen and oxygen atoms in total. The van der Waals surface area contributed by atoms with Crippen molar-refractivity contribution in [1.82, 2.24) is 24.9 Å². The van der Waals surface area contributed by atoms with Gasteiger partial charge in [0.05, 0.1) is 21.2 Å². The van der Waals surface area contributed by atoms with Gasteiger partial charge >= 0.3 is 5.69 Å². The van der Waals surface area contributed by atoms with Crippen molar-refractivity contribution in [3.05, 3.63) is 69.2 Å². The van der Waals surface area contributed by atoms with Gasteiger partial charge in [-0.2, -0.15) is 0 Å². The van der Waals surface area contributed by atoms with E-state index in [0.29, 0.717) is 57.5 Å². The highest BCUT2D eigenvalue weighted by Gasteiger charge is 2.16. The minimum atomic E-state index is -0.581. The molecule has 0 saturated heterocycles. The number of rotatable bonds is 8. The SMILES string of the molecule is Nc1cc(NCCNc2ncc(-c3ncc[nH]3)c(-c3ccc(Cl)cc3Cl)n2)ncc1[N+](=O)[O-]. The zero-order valence-electron chi connectivity index (χ0n) is 16.9. The van der Waals surface area contributed by atoms with E-state index in [1.54, 1.807) is 36.8 Å². The molecule has 5 N–H and O–H groups in total. The van der Waals surface area contributed by atoms with Crippen LogP contribution in [0.15, 0.2) is 49.1 Å². The number of nitrogens with zero attached hydrogens (tertiary/aromatic N) is 5. The average molecular weight is 486 g/mol. The summed E-state index contributed by atoms with van der Waals surface area (Å²) in [4.78, 5) is 30.6. The fraction of sp³-hybridized carbons (Fsp3) is 0.100. The maximum atomic E-state index is 10.8. The Bertz CT molecular complexity index is 1300. The number of hydrogen-bond acceptors (Lipinski definition) is 9. The summed E-state index contributed by atoms with van der Waals surface area (Å²) < 4.78 is 0. The van der Waals surface area contributed by atoms with E-state index in [1.165, 1.54) is 6.07 Å². The van der Waals surface area contributed by atoms with Crippen LogP contribution < -0.4 is 16.4 Å². The molecule has 4 aromatic rings. The first-order valence-electron chi connectivity index (χ1n) is 9.62. The van der Waals surface area contributed by atoms with Crippen LogP contribution in [-0.2, 0) is 0 Å². The number of imidazole rings is 1. The van der Waals surface area contributed by atoms with Crippen LogP contribution in [0.1, 0.15) is 0 Å². The van der Waals surface area contributed by atoms with Crippen molar-refractivity contribution in [3.63, 3.8) is 0 Å². The Labute approximate surface area is 197 Å². The summed E-state index contributed by atoms with van der Waals surface area (Å²) in [7, 11) is 0. The summed E-state index contributed by atoms with van der Waals surface area (Å²) in [5.74, 6) is 1.40. The smallest absolute Gasteiger partial charge is 0.310 e. The second kappa shape index (κ2) is 9.67. The third kappa shape index (κ3) is 5.10. The van der Waals surface area contributed by atoms with Gasteiger partial charge in [0.25, 0.3) is 0 Å². The Hall–Kier alpha value is -3.96. The lowest BCUT2D eigenvalue weighted by atomic mass is 10.1. The van der Waals surface area contributed by atoms with E-state index in [4.69, 9.17) is 28.9 Å². The van der Waals surface area contributed by atoms with Gasteiger partial charge in [0.2, 0.25) is 5.95 Å². The maximum Gasteiger partial charge on any atom is 0.310 e. The Morgan fingerprint density at radius 2 is 1.88 bits per heavy atom. The minimum absolute atomic E-state index is 0.0341. The highest BCUT2D eigenvalue weighted by Crippen LogP contribution is 2.35. The predicted octanol–water partition coefficient (Wildman–Crippen LogP) is 4.25. The molecule has 0 bridgehead atoms. The Morgan fingerprint density at radius 1 is 1.06 bits per heavy atom. The number of nitrogen functional groups attached to an aromatic ring is 1. The normalized spacial score (nSPS) is 10.7. The van der Waals surface area contributed by atoms with Gasteiger partial charge in [-0.15, -0.1) is 0 Å². The monoisotopic (exact) mass is 485 g/mol. The number of aromatic nitrogens is 5. The first-order valence-corrected chi connectivity index (χ1v) is 10.4. The topological polar surface area (TPSA) is 161 Å². The summed E-state index contributed by atoms with van der Waals surface area (Å²) in [6, 6.07) is 6.58. The van der Waals surface area contributed by atoms with Crippen molar-refractivity contribution in [2.75, 3.05) is 29.5 Å². The fourth-order valence-electron chi connectivity index (χ4n) is 3.02. The third-order valence-corrected chi connectivity index (χ3v) is 5.10. The quantitative estimate of drug-likeness (QED) is 0.162. The number of H-pyrrole nitrogens is 1. The molecule has 0 fully saturated rings. The van der Waals surface area contributed by atoms with E-state index in [0.717, 1.165) is 6.20 Å². The lowest BCUT2D eigenvalue weighted by Gasteiger charge is -2.12. The van der Waals surface area contributed by atoms with Crippen molar-refractivity contribution >= 4 is 46.3 Å². The molecule has 0 amide bonds.